The molecule has 2 N–H and O–H groups in total. The topological polar surface area (TPSA) is 109 Å². The fourth-order valence-electron chi connectivity index (χ4n) is 1.50. The molecule has 1 heterocycles. The molecule has 0 bridgehead atoms. The van der Waals surface area contributed by atoms with Crippen molar-refractivity contribution in [1.29, 1.82) is 0 Å². The van der Waals surface area contributed by atoms with Gasteiger partial charge in [0.25, 0.3) is 5.91 Å². The maximum absolute atomic E-state index is 12.0. The van der Waals surface area contributed by atoms with Gasteiger partial charge >= 0.3 is 5.97 Å². The van der Waals surface area contributed by atoms with Gasteiger partial charge in [-0.1, -0.05) is 0 Å². The van der Waals surface area contributed by atoms with E-state index >= 15 is 0 Å². The Balaban J connectivity index is 2.57. The average Bonchev–Trinajstić information content (AvgIpc) is 2.46. The van der Waals surface area contributed by atoms with Crippen LogP contribution in [0, 0.1) is 0 Å². The number of likely N-dealkylation sites (N-methyl/N-ethyl adjacent to an activating group) is 1. The molecule has 0 aliphatic rings. The Labute approximate surface area is 121 Å². The highest BCUT2D eigenvalue weighted by atomic mass is 16.5. The first-order valence-electron chi connectivity index (χ1n) is 6.16. The van der Waals surface area contributed by atoms with E-state index in [1.165, 1.54) is 37.4 Å². The minimum atomic E-state index is -1.17. The molecule has 8 nitrogen and oxygen atoms in total. The molecule has 0 unspecified atom stereocenters. The fraction of sp³-hybridized carbons (Fsp3) is 0.385. The highest BCUT2D eigenvalue weighted by Gasteiger charge is 2.15. The van der Waals surface area contributed by atoms with E-state index in [1.54, 1.807) is 0 Å². The number of pyridine rings is 1. The Bertz CT molecular complexity index is 515. The monoisotopic (exact) mass is 295 g/mol. The second-order valence-electron chi connectivity index (χ2n) is 4.24. The van der Waals surface area contributed by atoms with Crippen LogP contribution in [0.3, 0.4) is 0 Å². The van der Waals surface area contributed by atoms with Crippen LogP contribution in [-0.4, -0.2) is 66.6 Å². The molecule has 0 radical (unpaired) electrons. The number of aromatic carboxylic acids is 1. The normalized spacial score (nSPS) is 10.0. The molecule has 0 saturated carbocycles. The molecule has 0 saturated heterocycles. The summed E-state index contributed by atoms with van der Waals surface area (Å²) in [5.41, 5.74) is 0.0682. The molecule has 2 amide bonds. The lowest BCUT2D eigenvalue weighted by Crippen LogP contribution is -2.39. The molecule has 1 rings (SSSR count). The van der Waals surface area contributed by atoms with Crippen LogP contribution in [0.2, 0.25) is 0 Å². The molecule has 21 heavy (non-hydrogen) atoms. The second-order valence-corrected chi connectivity index (χ2v) is 4.24. The lowest BCUT2D eigenvalue weighted by Gasteiger charge is -2.16. The SMILES string of the molecule is COCCNC(=O)CN(C)C(=O)c1ccc(C(=O)O)nc1. The van der Waals surface area contributed by atoms with E-state index in [2.05, 4.69) is 10.3 Å². The van der Waals surface area contributed by atoms with Gasteiger partial charge in [-0.2, -0.15) is 0 Å². The Morgan fingerprint density at radius 3 is 2.62 bits per heavy atom. The molecule has 0 spiro atoms. The molecule has 1 aromatic heterocycles. The van der Waals surface area contributed by atoms with Gasteiger partial charge in [-0.3, -0.25) is 9.59 Å². The summed E-state index contributed by atoms with van der Waals surface area (Å²) in [5.74, 6) is -1.89. The van der Waals surface area contributed by atoms with Gasteiger partial charge in [0.2, 0.25) is 5.91 Å². The quantitative estimate of drug-likeness (QED) is 0.663. The molecule has 0 aliphatic carbocycles. The van der Waals surface area contributed by atoms with E-state index in [1.807, 2.05) is 0 Å². The van der Waals surface area contributed by atoms with Gasteiger partial charge in [-0.05, 0) is 12.1 Å². The molecule has 0 aromatic carbocycles. The molecule has 8 heteroatoms. The number of ether oxygens (including phenoxy) is 1. The third-order valence-corrected chi connectivity index (χ3v) is 2.59. The van der Waals surface area contributed by atoms with Crippen molar-refractivity contribution in [1.82, 2.24) is 15.2 Å². The summed E-state index contributed by atoms with van der Waals surface area (Å²) in [4.78, 5) is 39.1. The zero-order valence-electron chi connectivity index (χ0n) is 11.8. The number of methoxy groups -OCH3 is 1. The third kappa shape index (κ3) is 5.19. The third-order valence-electron chi connectivity index (χ3n) is 2.59. The summed E-state index contributed by atoms with van der Waals surface area (Å²) in [6, 6.07) is 2.60. The first kappa shape index (κ1) is 16.6. The van der Waals surface area contributed by atoms with E-state index in [0.717, 1.165) is 0 Å². The largest absolute Gasteiger partial charge is 0.477 e. The zero-order chi connectivity index (χ0) is 15.8. The molecule has 114 valence electrons. The van der Waals surface area contributed by atoms with Crippen molar-refractivity contribution in [2.45, 2.75) is 0 Å². The van der Waals surface area contributed by atoms with E-state index in [-0.39, 0.29) is 23.7 Å². The lowest BCUT2D eigenvalue weighted by molar-refractivity contribution is -0.121. The van der Waals surface area contributed by atoms with Gasteiger partial charge in [0.1, 0.15) is 5.69 Å². The van der Waals surface area contributed by atoms with Crippen LogP contribution in [0.5, 0.6) is 0 Å². The molecule has 0 atom stereocenters. The zero-order valence-corrected chi connectivity index (χ0v) is 11.8. The number of nitrogens with zero attached hydrogens (tertiary/aromatic N) is 2. The number of hydrogen-bond acceptors (Lipinski definition) is 5. The number of carboxylic acid groups (broad SMARTS) is 1. The van der Waals surface area contributed by atoms with Gasteiger partial charge in [0.05, 0.1) is 18.7 Å². The average molecular weight is 295 g/mol. The van der Waals surface area contributed by atoms with Crippen molar-refractivity contribution in [2.24, 2.45) is 0 Å². The number of rotatable bonds is 7. The minimum absolute atomic E-state index is 0.108. The number of nitrogens with one attached hydrogen (secondary N) is 1. The summed E-state index contributed by atoms with van der Waals surface area (Å²) in [7, 11) is 3.00. The van der Waals surface area contributed by atoms with E-state index < -0.39 is 11.9 Å². The maximum Gasteiger partial charge on any atom is 0.354 e. The molecule has 1 aromatic rings. The van der Waals surface area contributed by atoms with Crippen LogP contribution < -0.4 is 5.32 Å². The summed E-state index contributed by atoms with van der Waals surface area (Å²) >= 11 is 0. The summed E-state index contributed by atoms with van der Waals surface area (Å²) in [5, 5.41) is 11.3. The van der Waals surface area contributed by atoms with Gasteiger partial charge in [-0.25, -0.2) is 9.78 Å². The van der Waals surface area contributed by atoms with Gasteiger partial charge in [0.15, 0.2) is 0 Å². The smallest absolute Gasteiger partial charge is 0.354 e. The highest BCUT2D eigenvalue weighted by molar-refractivity contribution is 5.96. The number of carbonyl (C=O) groups excluding carboxylic acids is 2. The van der Waals surface area contributed by atoms with Crippen LogP contribution in [0.1, 0.15) is 20.8 Å². The Morgan fingerprint density at radius 1 is 1.38 bits per heavy atom. The lowest BCUT2D eigenvalue weighted by atomic mass is 10.2. The Morgan fingerprint density at radius 2 is 2.10 bits per heavy atom. The van der Waals surface area contributed by atoms with Gasteiger partial charge < -0.3 is 20.1 Å². The maximum atomic E-state index is 12.0. The van der Waals surface area contributed by atoms with Crippen LogP contribution in [-0.2, 0) is 9.53 Å². The molecule has 0 fully saturated rings. The molecular weight excluding hydrogens is 278 g/mol. The van der Waals surface area contributed by atoms with Gasteiger partial charge in [0, 0.05) is 26.9 Å². The van der Waals surface area contributed by atoms with Crippen molar-refractivity contribution in [3.05, 3.63) is 29.6 Å². The van der Waals surface area contributed by atoms with Crippen LogP contribution in [0.15, 0.2) is 18.3 Å². The Kier molecular flexibility index (Phi) is 6.28. The number of aromatic nitrogens is 1. The van der Waals surface area contributed by atoms with Crippen molar-refractivity contribution in [3.63, 3.8) is 0 Å². The van der Waals surface area contributed by atoms with Crippen LogP contribution in [0.25, 0.3) is 0 Å². The predicted octanol–water partition coefficient (Wildman–Crippen LogP) is -0.386. The number of carbonyl (C=O) groups is 3. The van der Waals surface area contributed by atoms with Crippen molar-refractivity contribution in [3.8, 4) is 0 Å². The van der Waals surface area contributed by atoms with E-state index in [4.69, 9.17) is 9.84 Å². The highest BCUT2D eigenvalue weighted by Crippen LogP contribution is 2.04. The first-order valence-corrected chi connectivity index (χ1v) is 6.16. The summed E-state index contributed by atoms with van der Waals surface area (Å²) in [6.07, 6.45) is 1.17. The first-order chi connectivity index (χ1) is 9.95. The number of hydrogen-bond donors (Lipinski definition) is 2. The second kappa shape index (κ2) is 7.95. The fourth-order valence-corrected chi connectivity index (χ4v) is 1.50. The summed E-state index contributed by atoms with van der Waals surface area (Å²) in [6.45, 7) is 0.652. The molecular formula is C13H17N3O5. The standard InChI is InChI=1S/C13H17N3O5/c1-16(8-11(17)14-5-6-21-2)12(18)9-3-4-10(13(19)20)15-7-9/h3-4,7H,5-6,8H2,1-2H3,(H,14,17)(H,19,20). The van der Waals surface area contributed by atoms with E-state index in [0.29, 0.717) is 13.2 Å². The van der Waals surface area contributed by atoms with Crippen LogP contribution >= 0.6 is 0 Å². The number of amides is 2. The summed E-state index contributed by atoms with van der Waals surface area (Å²) < 4.78 is 4.79. The van der Waals surface area contributed by atoms with Crippen molar-refractivity contribution >= 4 is 17.8 Å². The van der Waals surface area contributed by atoms with Gasteiger partial charge in [-0.15, -0.1) is 0 Å². The number of carboxylic acids is 1. The predicted molar refractivity (Wildman–Crippen MR) is 73.0 cm³/mol. The molecule has 0 aliphatic heterocycles. The van der Waals surface area contributed by atoms with Crippen molar-refractivity contribution < 1.29 is 24.2 Å². The Hall–Kier alpha value is -2.48. The van der Waals surface area contributed by atoms with Crippen molar-refractivity contribution in [2.75, 3.05) is 33.9 Å². The minimum Gasteiger partial charge on any atom is -0.477 e. The van der Waals surface area contributed by atoms with Crippen LogP contribution in [0.4, 0.5) is 0 Å². The van der Waals surface area contributed by atoms with E-state index in [9.17, 15) is 14.4 Å².